The molecule has 2 fully saturated rings. The van der Waals surface area contributed by atoms with E-state index in [1.807, 2.05) is 18.2 Å². The smallest absolute Gasteiger partial charge is 0.269 e. The Balaban J connectivity index is 1.61. The molecule has 2 aliphatic rings. The van der Waals surface area contributed by atoms with Crippen LogP contribution in [0.5, 0.6) is 0 Å². The number of non-ortho nitro benzene ring substituents is 1. The van der Waals surface area contributed by atoms with E-state index in [0.717, 1.165) is 4.90 Å². The van der Waals surface area contributed by atoms with Crippen LogP contribution in [0.25, 0.3) is 0 Å². The predicted octanol–water partition coefficient (Wildman–Crippen LogP) is 3.65. The molecule has 3 aromatic rings. The molecule has 2 heterocycles. The minimum Gasteiger partial charge on any atom is -0.273 e. The van der Waals surface area contributed by atoms with Crippen molar-refractivity contribution in [2.75, 3.05) is 9.96 Å². The van der Waals surface area contributed by atoms with E-state index in [-0.39, 0.29) is 5.69 Å². The maximum absolute atomic E-state index is 13.4. The first kappa shape index (κ1) is 19.0. The average molecular weight is 415 g/mol. The lowest BCUT2D eigenvalue weighted by atomic mass is 9.90. The molecule has 31 heavy (non-hydrogen) atoms. The number of amides is 2. The Labute approximate surface area is 177 Å². The van der Waals surface area contributed by atoms with Gasteiger partial charge in [0.25, 0.3) is 11.6 Å². The second-order valence-corrected chi connectivity index (χ2v) is 7.36. The summed E-state index contributed by atoms with van der Waals surface area (Å²) >= 11 is 0. The van der Waals surface area contributed by atoms with Gasteiger partial charge in [-0.2, -0.15) is 0 Å². The van der Waals surface area contributed by atoms with Crippen LogP contribution in [0.15, 0.2) is 84.9 Å². The fourth-order valence-electron chi connectivity index (χ4n) is 4.21. The number of rotatable bonds is 4. The number of benzene rings is 3. The van der Waals surface area contributed by atoms with Crippen LogP contribution in [0.1, 0.15) is 11.6 Å². The van der Waals surface area contributed by atoms with Gasteiger partial charge in [-0.15, -0.1) is 0 Å². The highest BCUT2D eigenvalue weighted by atomic mass is 16.7. The van der Waals surface area contributed by atoms with Crippen LogP contribution in [0, 0.1) is 16.0 Å². The van der Waals surface area contributed by atoms with Gasteiger partial charge < -0.3 is 0 Å². The van der Waals surface area contributed by atoms with Crippen LogP contribution in [0.4, 0.5) is 17.1 Å². The lowest BCUT2D eigenvalue weighted by Crippen LogP contribution is -2.37. The molecule has 0 saturated carbocycles. The summed E-state index contributed by atoms with van der Waals surface area (Å²) < 4.78 is 0. The van der Waals surface area contributed by atoms with Crippen molar-refractivity contribution in [1.82, 2.24) is 0 Å². The van der Waals surface area contributed by atoms with Crippen molar-refractivity contribution in [3.05, 3.63) is 101 Å². The van der Waals surface area contributed by atoms with Gasteiger partial charge in [0.2, 0.25) is 5.91 Å². The third kappa shape index (κ3) is 3.04. The number of carbonyl (C=O) groups is 2. The van der Waals surface area contributed by atoms with Gasteiger partial charge in [-0.3, -0.25) is 24.5 Å². The molecule has 8 nitrogen and oxygen atoms in total. The molecular weight excluding hydrogens is 398 g/mol. The zero-order valence-electron chi connectivity index (χ0n) is 16.2. The molecule has 2 amide bonds. The van der Waals surface area contributed by atoms with Crippen molar-refractivity contribution >= 4 is 28.9 Å². The fourth-order valence-corrected chi connectivity index (χ4v) is 4.21. The molecule has 2 saturated heterocycles. The first-order valence-corrected chi connectivity index (χ1v) is 9.74. The monoisotopic (exact) mass is 415 g/mol. The Kier molecular flexibility index (Phi) is 4.48. The van der Waals surface area contributed by atoms with Gasteiger partial charge in [0.1, 0.15) is 5.92 Å². The Morgan fingerprint density at radius 2 is 1.45 bits per heavy atom. The molecule has 0 bridgehead atoms. The van der Waals surface area contributed by atoms with Gasteiger partial charge in [-0.05, 0) is 29.8 Å². The lowest BCUT2D eigenvalue weighted by molar-refractivity contribution is -0.384. The molecule has 8 heteroatoms. The van der Waals surface area contributed by atoms with E-state index < -0.39 is 34.8 Å². The summed E-state index contributed by atoms with van der Waals surface area (Å²) in [5.74, 6) is -1.68. The molecule has 0 aliphatic carbocycles. The van der Waals surface area contributed by atoms with Crippen LogP contribution in [-0.2, 0) is 14.4 Å². The molecule has 0 unspecified atom stereocenters. The number of fused-ring (bicyclic) bond motifs is 1. The standard InChI is InChI=1S/C23H17N3O5/c27-22-19-20(15-8-7-13-18(14-15)26(29)30)25(17-11-5-2-6-12-17)31-21(19)23(28)24(22)16-9-3-1-4-10-16/h1-14,19-21H/t19-,20+,21-/m1/s1. The van der Waals surface area contributed by atoms with E-state index in [1.54, 1.807) is 54.6 Å². The number of imide groups is 1. The highest BCUT2D eigenvalue weighted by Gasteiger charge is 2.60. The summed E-state index contributed by atoms with van der Waals surface area (Å²) in [5, 5.41) is 12.9. The van der Waals surface area contributed by atoms with E-state index in [0.29, 0.717) is 16.9 Å². The van der Waals surface area contributed by atoms with E-state index in [9.17, 15) is 19.7 Å². The highest BCUT2D eigenvalue weighted by Crippen LogP contribution is 2.47. The van der Waals surface area contributed by atoms with Gasteiger partial charge >= 0.3 is 0 Å². The van der Waals surface area contributed by atoms with Crippen molar-refractivity contribution in [3.8, 4) is 0 Å². The Morgan fingerprint density at radius 3 is 2.10 bits per heavy atom. The first-order chi connectivity index (χ1) is 15.1. The summed E-state index contributed by atoms with van der Waals surface area (Å²) in [5.41, 5.74) is 1.56. The molecule has 0 N–H and O–H groups in total. The Hall–Kier alpha value is -4.04. The van der Waals surface area contributed by atoms with Crippen molar-refractivity contribution in [3.63, 3.8) is 0 Å². The number of hydrogen-bond donors (Lipinski definition) is 0. The van der Waals surface area contributed by atoms with E-state index >= 15 is 0 Å². The largest absolute Gasteiger partial charge is 0.273 e. The van der Waals surface area contributed by atoms with Crippen molar-refractivity contribution in [2.45, 2.75) is 12.1 Å². The Morgan fingerprint density at radius 1 is 0.806 bits per heavy atom. The minimum absolute atomic E-state index is 0.0920. The van der Waals surface area contributed by atoms with E-state index in [4.69, 9.17) is 4.84 Å². The summed E-state index contributed by atoms with van der Waals surface area (Å²) in [6.45, 7) is 0. The Bertz CT molecular complexity index is 1170. The van der Waals surface area contributed by atoms with Gasteiger partial charge in [0.05, 0.1) is 22.3 Å². The highest BCUT2D eigenvalue weighted by molar-refractivity contribution is 6.23. The van der Waals surface area contributed by atoms with Gasteiger partial charge in [-0.25, -0.2) is 9.96 Å². The van der Waals surface area contributed by atoms with Gasteiger partial charge in [0.15, 0.2) is 6.10 Å². The zero-order valence-corrected chi connectivity index (χ0v) is 16.2. The van der Waals surface area contributed by atoms with Crippen LogP contribution in [0.2, 0.25) is 0 Å². The lowest BCUT2D eigenvalue weighted by Gasteiger charge is -2.28. The molecule has 2 aliphatic heterocycles. The molecule has 0 radical (unpaired) electrons. The third-order valence-electron chi connectivity index (χ3n) is 5.56. The SMILES string of the molecule is O=C1[C@H]2[C@@H](ON(c3ccccc3)[C@H]2c2cccc([N+](=O)[O-])c2)C(=O)N1c1ccccc1. The summed E-state index contributed by atoms with van der Waals surface area (Å²) in [7, 11) is 0. The van der Waals surface area contributed by atoms with Crippen molar-refractivity contribution in [1.29, 1.82) is 0 Å². The second kappa shape index (κ2) is 7.33. The van der Waals surface area contributed by atoms with E-state index in [2.05, 4.69) is 0 Å². The van der Waals surface area contributed by atoms with E-state index in [1.165, 1.54) is 17.2 Å². The molecule has 5 rings (SSSR count). The number of hydroxylamine groups is 1. The third-order valence-corrected chi connectivity index (χ3v) is 5.56. The fraction of sp³-hybridized carbons (Fsp3) is 0.130. The first-order valence-electron chi connectivity index (χ1n) is 9.74. The summed E-state index contributed by atoms with van der Waals surface area (Å²) in [6, 6.07) is 23.2. The maximum Gasteiger partial charge on any atom is 0.269 e. The number of carbonyl (C=O) groups excluding carboxylic acids is 2. The normalized spacial score (nSPS) is 22.6. The summed E-state index contributed by atoms with van der Waals surface area (Å²) in [4.78, 5) is 44.6. The molecular formula is C23H17N3O5. The molecule has 0 spiro atoms. The van der Waals surface area contributed by atoms with Crippen molar-refractivity contribution < 1.29 is 19.3 Å². The molecule has 3 aromatic carbocycles. The summed E-state index contributed by atoms with van der Waals surface area (Å²) in [6.07, 6.45) is -1.02. The number of nitro groups is 1. The maximum atomic E-state index is 13.4. The van der Waals surface area contributed by atoms with Gasteiger partial charge in [0, 0.05) is 12.1 Å². The quantitative estimate of drug-likeness (QED) is 0.367. The second-order valence-electron chi connectivity index (χ2n) is 7.36. The van der Waals surface area contributed by atoms with Gasteiger partial charge in [-0.1, -0.05) is 48.5 Å². The number of nitro benzene ring substituents is 1. The number of para-hydroxylation sites is 2. The molecule has 0 aromatic heterocycles. The van der Waals surface area contributed by atoms with Crippen LogP contribution >= 0.6 is 0 Å². The zero-order chi connectivity index (χ0) is 21.5. The number of anilines is 2. The number of nitrogens with zero attached hydrogens (tertiary/aromatic N) is 3. The van der Waals surface area contributed by atoms with Crippen LogP contribution < -0.4 is 9.96 Å². The van der Waals surface area contributed by atoms with Crippen LogP contribution in [-0.4, -0.2) is 22.8 Å². The molecule has 154 valence electrons. The predicted molar refractivity (Wildman–Crippen MR) is 112 cm³/mol. The molecule has 3 atom stereocenters. The van der Waals surface area contributed by atoms with Crippen LogP contribution in [0.3, 0.4) is 0 Å². The van der Waals surface area contributed by atoms with Crippen molar-refractivity contribution in [2.24, 2.45) is 5.92 Å². The number of hydrogen-bond acceptors (Lipinski definition) is 6. The minimum atomic E-state index is -1.02. The topological polar surface area (TPSA) is 93.0 Å². The average Bonchev–Trinajstić information content (AvgIpc) is 3.31.